The minimum absolute atomic E-state index is 0.206. The van der Waals surface area contributed by atoms with E-state index < -0.39 is 9.84 Å². The Hall–Kier alpha value is -2.08. The number of pyridine rings is 1. The van der Waals surface area contributed by atoms with E-state index in [1.807, 2.05) is 0 Å². The average Bonchev–Trinajstić information content (AvgIpc) is 2.33. The minimum Gasteiger partial charge on any atom is -0.439 e. The van der Waals surface area contributed by atoms with Crippen LogP contribution in [0.15, 0.2) is 41.3 Å². The normalized spacial score (nSPS) is 11.3. The Bertz CT molecular complexity index is 712. The SMILES string of the molecule is Cc1nc(Oc2cccc(S(C)(=O)=O)c2)ccc1N. The Morgan fingerprint density at radius 3 is 2.58 bits per heavy atom. The van der Waals surface area contributed by atoms with Gasteiger partial charge < -0.3 is 10.5 Å². The molecule has 1 heterocycles. The fourth-order valence-corrected chi connectivity index (χ4v) is 2.15. The van der Waals surface area contributed by atoms with E-state index in [9.17, 15) is 8.42 Å². The molecular weight excluding hydrogens is 264 g/mol. The summed E-state index contributed by atoms with van der Waals surface area (Å²) in [5.41, 5.74) is 6.91. The van der Waals surface area contributed by atoms with Crippen LogP contribution in [0.5, 0.6) is 11.6 Å². The van der Waals surface area contributed by atoms with Gasteiger partial charge in [-0.2, -0.15) is 0 Å². The van der Waals surface area contributed by atoms with Crippen molar-refractivity contribution in [2.24, 2.45) is 0 Å². The molecule has 0 spiro atoms. The molecule has 0 saturated carbocycles. The van der Waals surface area contributed by atoms with Gasteiger partial charge >= 0.3 is 0 Å². The van der Waals surface area contributed by atoms with Gasteiger partial charge in [0.05, 0.1) is 16.3 Å². The van der Waals surface area contributed by atoms with Gasteiger partial charge in [-0.05, 0) is 31.2 Å². The number of hydrogen-bond acceptors (Lipinski definition) is 5. The van der Waals surface area contributed by atoms with Crippen LogP contribution in [0.25, 0.3) is 0 Å². The van der Waals surface area contributed by atoms with Crippen LogP contribution in [0.2, 0.25) is 0 Å². The van der Waals surface area contributed by atoms with Gasteiger partial charge in [-0.25, -0.2) is 13.4 Å². The minimum atomic E-state index is -3.25. The highest BCUT2D eigenvalue weighted by Gasteiger charge is 2.09. The summed E-state index contributed by atoms with van der Waals surface area (Å²) < 4.78 is 28.4. The van der Waals surface area contributed by atoms with Gasteiger partial charge in [0, 0.05) is 12.3 Å². The summed E-state index contributed by atoms with van der Waals surface area (Å²) in [6.45, 7) is 1.77. The molecule has 2 rings (SSSR count). The van der Waals surface area contributed by atoms with Crippen molar-refractivity contribution in [1.82, 2.24) is 4.98 Å². The summed E-state index contributed by atoms with van der Waals surface area (Å²) in [6, 6.07) is 9.60. The van der Waals surface area contributed by atoms with Gasteiger partial charge in [-0.3, -0.25) is 0 Å². The monoisotopic (exact) mass is 278 g/mol. The number of aryl methyl sites for hydroxylation is 1. The zero-order valence-corrected chi connectivity index (χ0v) is 11.4. The number of nitrogens with zero attached hydrogens (tertiary/aromatic N) is 1. The van der Waals surface area contributed by atoms with E-state index in [-0.39, 0.29) is 4.90 Å². The summed E-state index contributed by atoms with van der Waals surface area (Å²) in [6.07, 6.45) is 1.15. The number of anilines is 1. The summed E-state index contributed by atoms with van der Waals surface area (Å²) in [5.74, 6) is 0.789. The van der Waals surface area contributed by atoms with E-state index in [1.54, 1.807) is 31.2 Å². The molecular formula is C13H14N2O3S. The highest BCUT2D eigenvalue weighted by atomic mass is 32.2. The predicted octanol–water partition coefficient (Wildman–Crippen LogP) is 2.17. The molecule has 0 amide bonds. The van der Waals surface area contributed by atoms with E-state index in [1.165, 1.54) is 12.1 Å². The van der Waals surface area contributed by atoms with Crippen molar-refractivity contribution in [3.8, 4) is 11.6 Å². The van der Waals surface area contributed by atoms with Crippen LogP contribution in [0.3, 0.4) is 0 Å². The lowest BCUT2D eigenvalue weighted by molar-refractivity contribution is 0.460. The molecule has 0 atom stereocenters. The lowest BCUT2D eigenvalue weighted by atomic mass is 10.3. The number of nitrogen functional groups attached to an aromatic ring is 1. The van der Waals surface area contributed by atoms with Gasteiger partial charge in [0.2, 0.25) is 5.88 Å². The second kappa shape index (κ2) is 4.89. The summed E-state index contributed by atoms with van der Waals surface area (Å²) in [5, 5.41) is 0. The number of nitrogens with two attached hydrogens (primary N) is 1. The molecule has 6 heteroatoms. The van der Waals surface area contributed by atoms with Crippen molar-refractivity contribution in [2.75, 3.05) is 12.0 Å². The molecule has 2 aromatic rings. The zero-order valence-electron chi connectivity index (χ0n) is 10.6. The fraction of sp³-hybridized carbons (Fsp3) is 0.154. The van der Waals surface area contributed by atoms with Crippen LogP contribution >= 0.6 is 0 Å². The lowest BCUT2D eigenvalue weighted by Crippen LogP contribution is -1.98. The lowest BCUT2D eigenvalue weighted by Gasteiger charge is -2.07. The van der Waals surface area contributed by atoms with Crippen LogP contribution in [0.4, 0.5) is 5.69 Å². The Morgan fingerprint density at radius 1 is 1.21 bits per heavy atom. The molecule has 1 aromatic heterocycles. The Labute approximate surface area is 112 Å². The zero-order chi connectivity index (χ0) is 14.0. The predicted molar refractivity (Wildman–Crippen MR) is 73.0 cm³/mol. The highest BCUT2D eigenvalue weighted by Crippen LogP contribution is 2.23. The first-order valence-corrected chi connectivity index (χ1v) is 7.46. The first kappa shape index (κ1) is 13.4. The molecule has 0 aliphatic rings. The maximum absolute atomic E-state index is 11.4. The second-order valence-electron chi connectivity index (χ2n) is 4.17. The van der Waals surface area contributed by atoms with Crippen molar-refractivity contribution < 1.29 is 13.2 Å². The molecule has 2 N–H and O–H groups in total. The number of aromatic nitrogens is 1. The molecule has 0 saturated heterocycles. The third kappa shape index (κ3) is 3.23. The fourth-order valence-electron chi connectivity index (χ4n) is 1.49. The third-order valence-electron chi connectivity index (χ3n) is 2.56. The molecule has 100 valence electrons. The number of ether oxygens (including phenoxy) is 1. The molecule has 1 aromatic carbocycles. The first-order chi connectivity index (χ1) is 8.86. The van der Waals surface area contributed by atoms with Crippen molar-refractivity contribution >= 4 is 15.5 Å². The Morgan fingerprint density at radius 2 is 1.95 bits per heavy atom. The molecule has 0 aliphatic heterocycles. The molecule has 5 nitrogen and oxygen atoms in total. The summed E-state index contributed by atoms with van der Waals surface area (Å²) >= 11 is 0. The largest absolute Gasteiger partial charge is 0.439 e. The molecule has 19 heavy (non-hydrogen) atoms. The van der Waals surface area contributed by atoms with E-state index >= 15 is 0 Å². The van der Waals surface area contributed by atoms with Crippen molar-refractivity contribution in [3.05, 3.63) is 42.1 Å². The molecule has 0 bridgehead atoms. The smallest absolute Gasteiger partial charge is 0.219 e. The van der Waals surface area contributed by atoms with Crippen LogP contribution in [-0.2, 0) is 9.84 Å². The quantitative estimate of drug-likeness (QED) is 0.930. The molecule has 0 unspecified atom stereocenters. The van der Waals surface area contributed by atoms with Crippen molar-refractivity contribution in [3.63, 3.8) is 0 Å². The summed E-state index contributed by atoms with van der Waals surface area (Å²) in [7, 11) is -3.25. The van der Waals surface area contributed by atoms with E-state index in [0.717, 1.165) is 6.26 Å². The maximum atomic E-state index is 11.4. The third-order valence-corrected chi connectivity index (χ3v) is 3.67. The van der Waals surface area contributed by atoms with Gasteiger partial charge in [0.15, 0.2) is 9.84 Å². The second-order valence-corrected chi connectivity index (χ2v) is 6.19. The Kier molecular flexibility index (Phi) is 3.44. The molecule has 0 fully saturated rings. The molecule has 0 radical (unpaired) electrons. The van der Waals surface area contributed by atoms with Crippen molar-refractivity contribution in [2.45, 2.75) is 11.8 Å². The number of rotatable bonds is 3. The van der Waals surface area contributed by atoms with E-state index in [2.05, 4.69) is 4.98 Å². The van der Waals surface area contributed by atoms with Crippen molar-refractivity contribution in [1.29, 1.82) is 0 Å². The molecule has 0 aliphatic carbocycles. The number of benzene rings is 1. The van der Waals surface area contributed by atoms with Gasteiger partial charge in [0.25, 0.3) is 0 Å². The standard InChI is InChI=1S/C13H14N2O3S/c1-9-12(14)6-7-13(15-9)18-10-4-3-5-11(8-10)19(2,16)17/h3-8H,14H2,1-2H3. The van der Waals surface area contributed by atoms with E-state index in [0.29, 0.717) is 23.0 Å². The first-order valence-electron chi connectivity index (χ1n) is 5.57. The van der Waals surface area contributed by atoms with E-state index in [4.69, 9.17) is 10.5 Å². The maximum Gasteiger partial charge on any atom is 0.219 e. The number of sulfone groups is 1. The van der Waals surface area contributed by atoms with Crippen LogP contribution in [0.1, 0.15) is 5.69 Å². The van der Waals surface area contributed by atoms with Crippen LogP contribution in [-0.4, -0.2) is 19.7 Å². The summed E-state index contributed by atoms with van der Waals surface area (Å²) in [4.78, 5) is 4.37. The van der Waals surface area contributed by atoms with Gasteiger partial charge in [0.1, 0.15) is 5.75 Å². The van der Waals surface area contributed by atoms with Gasteiger partial charge in [-0.15, -0.1) is 0 Å². The van der Waals surface area contributed by atoms with Crippen LogP contribution < -0.4 is 10.5 Å². The topological polar surface area (TPSA) is 82.3 Å². The number of hydrogen-bond donors (Lipinski definition) is 1. The highest BCUT2D eigenvalue weighted by molar-refractivity contribution is 7.90. The van der Waals surface area contributed by atoms with Gasteiger partial charge in [-0.1, -0.05) is 6.07 Å². The van der Waals surface area contributed by atoms with Crippen LogP contribution in [0, 0.1) is 6.92 Å². The average molecular weight is 278 g/mol. The Balaban J connectivity index is 2.31.